The van der Waals surface area contributed by atoms with Crippen LogP contribution in [-0.4, -0.2) is 28.8 Å². The number of ether oxygens (including phenoxy) is 2. The number of benzene rings is 6. The minimum absolute atomic E-state index is 0.0811. The first-order valence-corrected chi connectivity index (χ1v) is 18.9. The van der Waals surface area contributed by atoms with Crippen LogP contribution in [0.1, 0.15) is 50.9 Å². The average Bonchev–Trinajstić information content (AvgIpc) is 3.21. The molecule has 0 unspecified atom stereocenters. The number of aryl methyl sites for hydroxylation is 5. The smallest absolute Gasteiger partial charge is 0.416 e. The summed E-state index contributed by atoms with van der Waals surface area (Å²) in [5.74, 6) is -0.633. The Morgan fingerprint density at radius 3 is 1.55 bits per heavy atom. The van der Waals surface area contributed by atoms with Gasteiger partial charge in [-0.15, -0.1) is 0 Å². The van der Waals surface area contributed by atoms with E-state index in [2.05, 4.69) is 0 Å². The summed E-state index contributed by atoms with van der Waals surface area (Å²) < 4.78 is 87.5. The van der Waals surface area contributed by atoms with Gasteiger partial charge in [0.15, 0.2) is 6.61 Å². The van der Waals surface area contributed by atoms with E-state index in [0.717, 1.165) is 87.2 Å². The van der Waals surface area contributed by atoms with Crippen molar-refractivity contribution in [3.8, 4) is 33.8 Å². The second-order valence-corrected chi connectivity index (χ2v) is 14.1. The number of carboxylic acid groups (broad SMARTS) is 2. The minimum Gasteiger partial charge on any atom is -0.489 e. The lowest BCUT2D eigenvalue weighted by atomic mass is 9.98. The molecule has 0 aliphatic carbocycles. The van der Waals surface area contributed by atoms with Crippen LogP contribution in [-0.2, 0) is 47.8 Å². The molecule has 0 fully saturated rings. The first kappa shape index (κ1) is 44.5. The monoisotopic (exact) mass is 828 g/mol. The van der Waals surface area contributed by atoms with E-state index in [0.29, 0.717) is 30.1 Å². The summed E-state index contributed by atoms with van der Waals surface area (Å²) in [6.07, 6.45) is -6.60. The molecule has 0 saturated heterocycles. The van der Waals surface area contributed by atoms with E-state index in [1.54, 1.807) is 6.07 Å². The van der Waals surface area contributed by atoms with Crippen LogP contribution in [0.4, 0.5) is 26.3 Å². The highest BCUT2D eigenvalue weighted by atomic mass is 19.4. The predicted molar refractivity (Wildman–Crippen MR) is 217 cm³/mol. The van der Waals surface area contributed by atoms with Crippen LogP contribution >= 0.6 is 0 Å². The van der Waals surface area contributed by atoms with Gasteiger partial charge in [0.25, 0.3) is 0 Å². The van der Waals surface area contributed by atoms with Crippen molar-refractivity contribution < 1.29 is 55.6 Å². The van der Waals surface area contributed by atoms with Gasteiger partial charge >= 0.3 is 24.3 Å². The molecule has 0 radical (unpaired) electrons. The number of carboxylic acids is 2. The highest BCUT2D eigenvalue weighted by Crippen LogP contribution is 2.33. The molecule has 0 bridgehead atoms. The fraction of sp³-hybridized carbons (Fsp3) is 0.208. The summed E-state index contributed by atoms with van der Waals surface area (Å²) in [6, 6.07) is 36.6. The number of halogens is 6. The maximum absolute atomic E-state index is 12.7. The summed E-state index contributed by atoms with van der Waals surface area (Å²) in [6.45, 7) is 3.71. The normalized spacial score (nSPS) is 11.3. The average molecular weight is 829 g/mol. The quantitative estimate of drug-likeness (QED) is 0.106. The second-order valence-electron chi connectivity index (χ2n) is 14.1. The molecule has 0 saturated carbocycles. The highest BCUT2D eigenvalue weighted by molar-refractivity contribution is 5.69. The lowest BCUT2D eigenvalue weighted by Gasteiger charge is -2.11. The molecule has 12 heteroatoms. The van der Waals surface area contributed by atoms with Gasteiger partial charge in [-0.25, -0.2) is 4.79 Å². The number of hydrogen-bond acceptors (Lipinski definition) is 4. The molecular weight excluding hydrogens is 787 g/mol. The van der Waals surface area contributed by atoms with E-state index < -0.39 is 35.4 Å². The number of hydrogen-bond donors (Lipinski definition) is 2. The summed E-state index contributed by atoms with van der Waals surface area (Å²) in [5.41, 5.74) is 7.64. The van der Waals surface area contributed by atoms with Crippen LogP contribution in [0.25, 0.3) is 22.3 Å². The third-order valence-corrected chi connectivity index (χ3v) is 9.57. The molecule has 0 amide bonds. The van der Waals surface area contributed by atoms with E-state index in [4.69, 9.17) is 19.7 Å². The van der Waals surface area contributed by atoms with E-state index in [-0.39, 0.29) is 13.0 Å². The van der Waals surface area contributed by atoms with E-state index in [1.165, 1.54) is 24.3 Å². The zero-order chi connectivity index (χ0) is 43.5. The molecule has 6 aromatic carbocycles. The van der Waals surface area contributed by atoms with Gasteiger partial charge in [-0.1, -0.05) is 84.9 Å². The van der Waals surface area contributed by atoms with Gasteiger partial charge in [0.05, 0.1) is 11.1 Å². The molecule has 60 heavy (non-hydrogen) atoms. The number of aliphatic carboxylic acids is 2. The molecule has 6 nitrogen and oxygen atoms in total. The Morgan fingerprint density at radius 1 is 0.517 bits per heavy atom. The topological polar surface area (TPSA) is 93.1 Å². The Kier molecular flexibility index (Phi) is 14.8. The maximum Gasteiger partial charge on any atom is 0.416 e. The van der Waals surface area contributed by atoms with Crippen molar-refractivity contribution in [3.05, 3.63) is 178 Å². The molecule has 0 heterocycles. The standard InChI is InChI=1S/2C24H21F3O3/c1-16-13-22(11-7-18(16)8-12-23(28)29)30-15-17-3-2-4-20(14-17)19-5-9-21(10-6-19)24(25,26)27;1-16-13-18(7-12-22(16)30-15-23(28)29)6-5-17-3-2-4-20(14-17)19-8-10-21(11-9-19)24(25,26)27/h2-7,9-11,13-14H,8,12,15H2,1H3,(H,28,29);2-4,7-14H,5-6,15H2,1H3,(H,28,29). The van der Waals surface area contributed by atoms with Crippen LogP contribution < -0.4 is 9.47 Å². The molecule has 2 N–H and O–H groups in total. The molecule has 312 valence electrons. The van der Waals surface area contributed by atoms with Crippen LogP contribution in [0.5, 0.6) is 11.5 Å². The number of rotatable bonds is 14. The molecule has 0 aliphatic heterocycles. The Balaban J connectivity index is 0.000000228. The summed E-state index contributed by atoms with van der Waals surface area (Å²) >= 11 is 0. The van der Waals surface area contributed by atoms with Crippen molar-refractivity contribution in [1.29, 1.82) is 0 Å². The summed E-state index contributed by atoms with van der Waals surface area (Å²) in [7, 11) is 0. The van der Waals surface area contributed by atoms with Crippen LogP contribution in [0, 0.1) is 13.8 Å². The fourth-order valence-electron chi connectivity index (χ4n) is 6.35. The van der Waals surface area contributed by atoms with Gasteiger partial charge in [-0.05, 0) is 137 Å². The fourth-order valence-corrected chi connectivity index (χ4v) is 6.35. The SMILES string of the molecule is Cc1cc(CCc2cccc(-c3ccc(C(F)(F)F)cc3)c2)ccc1OCC(=O)O.Cc1cc(OCc2cccc(-c3ccc(C(F)(F)F)cc3)c2)ccc1CCC(=O)O. The van der Waals surface area contributed by atoms with Crippen molar-refractivity contribution in [3.63, 3.8) is 0 Å². The molecule has 6 aromatic rings. The Morgan fingerprint density at radius 2 is 1.05 bits per heavy atom. The molecule has 0 aromatic heterocycles. The third kappa shape index (κ3) is 13.2. The predicted octanol–water partition coefficient (Wildman–Crippen LogP) is 12.2. The Hall–Kier alpha value is -6.56. The van der Waals surface area contributed by atoms with Crippen molar-refractivity contribution >= 4 is 11.9 Å². The van der Waals surface area contributed by atoms with E-state index >= 15 is 0 Å². The zero-order valence-electron chi connectivity index (χ0n) is 32.7. The van der Waals surface area contributed by atoms with Gasteiger partial charge in [0.2, 0.25) is 0 Å². The molecule has 6 rings (SSSR count). The first-order chi connectivity index (χ1) is 28.4. The minimum atomic E-state index is -4.35. The van der Waals surface area contributed by atoms with Crippen LogP contribution in [0.2, 0.25) is 0 Å². The highest BCUT2D eigenvalue weighted by Gasteiger charge is 2.30. The van der Waals surface area contributed by atoms with Crippen molar-refractivity contribution in [1.82, 2.24) is 0 Å². The molecule has 0 aliphatic rings. The van der Waals surface area contributed by atoms with Gasteiger partial charge < -0.3 is 19.7 Å². The second kappa shape index (κ2) is 19.9. The number of carbonyl (C=O) groups is 2. The van der Waals surface area contributed by atoms with Gasteiger partial charge in [-0.3, -0.25) is 4.79 Å². The van der Waals surface area contributed by atoms with Gasteiger partial charge in [-0.2, -0.15) is 26.3 Å². The largest absolute Gasteiger partial charge is 0.489 e. The maximum atomic E-state index is 12.7. The third-order valence-electron chi connectivity index (χ3n) is 9.57. The summed E-state index contributed by atoms with van der Waals surface area (Å²) in [4.78, 5) is 21.4. The lowest BCUT2D eigenvalue weighted by Crippen LogP contribution is -2.10. The molecule has 0 spiro atoms. The number of alkyl halides is 6. The first-order valence-electron chi connectivity index (χ1n) is 18.9. The van der Waals surface area contributed by atoms with Gasteiger partial charge in [0, 0.05) is 6.42 Å². The Bertz CT molecular complexity index is 2220. The summed E-state index contributed by atoms with van der Waals surface area (Å²) in [5, 5.41) is 17.5. The van der Waals surface area contributed by atoms with Crippen molar-refractivity contribution in [2.45, 2.75) is 58.5 Å². The van der Waals surface area contributed by atoms with Crippen LogP contribution in [0.15, 0.2) is 133 Å². The van der Waals surface area contributed by atoms with E-state index in [1.807, 2.05) is 92.7 Å². The van der Waals surface area contributed by atoms with E-state index in [9.17, 15) is 35.9 Å². The molecule has 0 atom stereocenters. The van der Waals surface area contributed by atoms with Crippen LogP contribution in [0.3, 0.4) is 0 Å². The lowest BCUT2D eigenvalue weighted by molar-refractivity contribution is -0.139. The molecular formula is C48H42F6O6. The van der Waals surface area contributed by atoms with Crippen molar-refractivity contribution in [2.75, 3.05) is 6.61 Å². The van der Waals surface area contributed by atoms with Gasteiger partial charge in [0.1, 0.15) is 18.1 Å². The Labute approximate surface area is 343 Å². The van der Waals surface area contributed by atoms with Crippen molar-refractivity contribution in [2.24, 2.45) is 0 Å². The zero-order valence-corrected chi connectivity index (χ0v) is 32.7.